The lowest BCUT2D eigenvalue weighted by Gasteiger charge is -2.12. The van der Waals surface area contributed by atoms with Crippen LogP contribution >= 0.6 is 11.3 Å². The molecule has 0 spiro atoms. The first-order chi connectivity index (χ1) is 13.7. The van der Waals surface area contributed by atoms with E-state index < -0.39 is 0 Å². The molecule has 0 fully saturated rings. The monoisotopic (exact) mass is 389 g/mol. The van der Waals surface area contributed by atoms with Crippen molar-refractivity contribution >= 4 is 33.3 Å². The van der Waals surface area contributed by atoms with E-state index in [9.17, 15) is 9.90 Å². The number of anilines is 1. The Morgan fingerprint density at radius 1 is 0.929 bits per heavy atom. The summed E-state index contributed by atoms with van der Waals surface area (Å²) in [6.45, 7) is 0.284. The summed E-state index contributed by atoms with van der Waals surface area (Å²) >= 11 is 1.60. The van der Waals surface area contributed by atoms with E-state index in [0.717, 1.165) is 31.9 Å². The third-order valence-corrected chi connectivity index (χ3v) is 5.50. The molecule has 2 amide bonds. The fraction of sp³-hybridized carbons (Fsp3) is 0.0909. The zero-order valence-corrected chi connectivity index (χ0v) is 15.9. The predicted octanol–water partition coefficient (Wildman–Crippen LogP) is 4.78. The molecule has 0 saturated carbocycles. The maximum absolute atomic E-state index is 12.4. The van der Waals surface area contributed by atoms with Gasteiger partial charge in [0.15, 0.2) is 0 Å². The minimum Gasteiger partial charge on any atom is -0.392 e. The van der Waals surface area contributed by atoms with Crippen molar-refractivity contribution in [2.24, 2.45) is 0 Å². The van der Waals surface area contributed by atoms with Gasteiger partial charge in [0, 0.05) is 12.1 Å². The normalized spacial score (nSPS) is 10.8. The van der Waals surface area contributed by atoms with Gasteiger partial charge in [-0.15, -0.1) is 11.3 Å². The highest BCUT2D eigenvalue weighted by Gasteiger charge is 2.12. The molecule has 0 aliphatic carbocycles. The number of rotatable bonds is 5. The molecule has 1 aromatic heterocycles. The molecule has 6 heteroatoms. The summed E-state index contributed by atoms with van der Waals surface area (Å²) < 4.78 is 1.11. The molecule has 4 aromatic rings. The topological polar surface area (TPSA) is 74.2 Å². The fourth-order valence-electron chi connectivity index (χ4n) is 2.99. The molecular formula is C22H19N3O2S. The standard InChI is InChI=1S/C22H19N3O2S/c26-14-16-8-2-1-7-15(16)13-23-22(27)25-18-10-4-3-9-17(18)21-24-19-11-5-6-12-20(19)28-21/h1-12,26H,13-14H2,(H2,23,25,27). The number of carbonyl (C=O) groups excluding carboxylic acids is 1. The SMILES string of the molecule is O=C(NCc1ccccc1CO)Nc1ccccc1-c1nc2ccccc2s1. The third-order valence-electron chi connectivity index (χ3n) is 4.43. The number of thiazole rings is 1. The van der Waals surface area contributed by atoms with Crippen LogP contribution in [0.5, 0.6) is 0 Å². The number of para-hydroxylation sites is 2. The van der Waals surface area contributed by atoms with Gasteiger partial charge in [0.25, 0.3) is 0 Å². The minimum absolute atomic E-state index is 0.0556. The molecule has 1 heterocycles. The first-order valence-corrected chi connectivity index (χ1v) is 9.74. The van der Waals surface area contributed by atoms with E-state index in [1.165, 1.54) is 0 Å². The van der Waals surface area contributed by atoms with Crippen LogP contribution in [-0.2, 0) is 13.2 Å². The Balaban J connectivity index is 1.51. The van der Waals surface area contributed by atoms with E-state index in [4.69, 9.17) is 0 Å². The molecule has 3 aromatic carbocycles. The second-order valence-electron chi connectivity index (χ2n) is 6.27. The number of nitrogens with zero attached hydrogens (tertiary/aromatic N) is 1. The summed E-state index contributed by atoms with van der Waals surface area (Å²) in [5.41, 5.74) is 4.23. The third kappa shape index (κ3) is 3.88. The Morgan fingerprint density at radius 2 is 1.64 bits per heavy atom. The summed E-state index contributed by atoms with van der Waals surface area (Å²) in [6, 6.07) is 22.8. The summed E-state index contributed by atoms with van der Waals surface area (Å²) in [7, 11) is 0. The molecule has 0 bridgehead atoms. The molecule has 0 radical (unpaired) electrons. The molecule has 0 aliphatic heterocycles. The summed E-state index contributed by atoms with van der Waals surface area (Å²) in [4.78, 5) is 17.1. The number of hydrogen-bond acceptors (Lipinski definition) is 4. The van der Waals surface area contributed by atoms with E-state index in [2.05, 4.69) is 15.6 Å². The zero-order chi connectivity index (χ0) is 19.3. The van der Waals surface area contributed by atoms with Gasteiger partial charge in [0.05, 0.1) is 22.5 Å². The van der Waals surface area contributed by atoms with Gasteiger partial charge in [-0.05, 0) is 35.4 Å². The van der Waals surface area contributed by atoms with Crippen molar-refractivity contribution in [3.8, 4) is 10.6 Å². The van der Waals surface area contributed by atoms with Gasteiger partial charge in [-0.1, -0.05) is 48.5 Å². The van der Waals surface area contributed by atoms with Gasteiger partial charge < -0.3 is 15.7 Å². The highest BCUT2D eigenvalue weighted by atomic mass is 32.1. The van der Waals surface area contributed by atoms with Crippen molar-refractivity contribution in [3.05, 3.63) is 83.9 Å². The first-order valence-electron chi connectivity index (χ1n) is 8.92. The van der Waals surface area contributed by atoms with Crippen LogP contribution in [0.2, 0.25) is 0 Å². The highest BCUT2D eigenvalue weighted by Crippen LogP contribution is 2.34. The number of benzene rings is 3. The molecular weight excluding hydrogens is 370 g/mol. The van der Waals surface area contributed by atoms with E-state index in [1.807, 2.05) is 72.8 Å². The molecule has 4 rings (SSSR count). The van der Waals surface area contributed by atoms with Crippen LogP contribution in [0.25, 0.3) is 20.8 Å². The molecule has 140 valence electrons. The van der Waals surface area contributed by atoms with E-state index in [1.54, 1.807) is 11.3 Å². The Hall–Kier alpha value is -3.22. The largest absolute Gasteiger partial charge is 0.392 e. The number of fused-ring (bicyclic) bond motifs is 1. The van der Waals surface area contributed by atoms with Gasteiger partial charge in [-0.25, -0.2) is 9.78 Å². The van der Waals surface area contributed by atoms with Crippen molar-refractivity contribution in [1.29, 1.82) is 0 Å². The van der Waals surface area contributed by atoms with Crippen LogP contribution in [-0.4, -0.2) is 16.1 Å². The molecule has 28 heavy (non-hydrogen) atoms. The average molecular weight is 389 g/mol. The number of aliphatic hydroxyl groups excluding tert-OH is 1. The lowest BCUT2D eigenvalue weighted by atomic mass is 10.1. The van der Waals surface area contributed by atoms with Crippen molar-refractivity contribution in [3.63, 3.8) is 0 Å². The zero-order valence-electron chi connectivity index (χ0n) is 15.1. The fourth-order valence-corrected chi connectivity index (χ4v) is 4.00. The number of carbonyl (C=O) groups is 1. The van der Waals surface area contributed by atoms with Crippen molar-refractivity contribution in [1.82, 2.24) is 10.3 Å². The van der Waals surface area contributed by atoms with Gasteiger partial charge in [0.1, 0.15) is 5.01 Å². The van der Waals surface area contributed by atoms with Crippen LogP contribution < -0.4 is 10.6 Å². The Kier molecular flexibility index (Phi) is 5.32. The van der Waals surface area contributed by atoms with Gasteiger partial charge in [0.2, 0.25) is 0 Å². The molecule has 0 aliphatic rings. The van der Waals surface area contributed by atoms with Crippen LogP contribution in [0.4, 0.5) is 10.5 Å². The Bertz CT molecular complexity index is 1090. The van der Waals surface area contributed by atoms with E-state index >= 15 is 0 Å². The lowest BCUT2D eigenvalue weighted by molar-refractivity contribution is 0.251. The van der Waals surface area contributed by atoms with Crippen molar-refractivity contribution in [2.75, 3.05) is 5.32 Å². The van der Waals surface area contributed by atoms with Crippen LogP contribution in [0.15, 0.2) is 72.8 Å². The number of urea groups is 1. The first kappa shape index (κ1) is 18.2. The summed E-state index contributed by atoms with van der Waals surface area (Å²) in [6.07, 6.45) is 0. The summed E-state index contributed by atoms with van der Waals surface area (Å²) in [5, 5.41) is 16.0. The predicted molar refractivity (Wildman–Crippen MR) is 113 cm³/mol. The number of nitrogens with one attached hydrogen (secondary N) is 2. The number of aliphatic hydroxyl groups is 1. The molecule has 0 atom stereocenters. The highest BCUT2D eigenvalue weighted by molar-refractivity contribution is 7.21. The van der Waals surface area contributed by atoms with Gasteiger partial charge in [-0.2, -0.15) is 0 Å². The maximum Gasteiger partial charge on any atom is 0.319 e. The quantitative estimate of drug-likeness (QED) is 0.460. The molecule has 0 unspecified atom stereocenters. The molecule has 0 saturated heterocycles. The Morgan fingerprint density at radius 3 is 2.46 bits per heavy atom. The Labute approximate surface area is 166 Å². The molecule has 3 N–H and O–H groups in total. The van der Waals surface area contributed by atoms with Gasteiger partial charge >= 0.3 is 6.03 Å². The number of hydrogen-bond donors (Lipinski definition) is 3. The van der Waals surface area contributed by atoms with E-state index in [0.29, 0.717) is 12.2 Å². The van der Waals surface area contributed by atoms with Crippen LogP contribution in [0.3, 0.4) is 0 Å². The second kappa shape index (κ2) is 8.21. The maximum atomic E-state index is 12.4. The summed E-state index contributed by atoms with van der Waals surface area (Å²) in [5.74, 6) is 0. The van der Waals surface area contributed by atoms with E-state index in [-0.39, 0.29) is 12.6 Å². The minimum atomic E-state index is -0.304. The number of amides is 2. The van der Waals surface area contributed by atoms with Crippen molar-refractivity contribution < 1.29 is 9.90 Å². The second-order valence-corrected chi connectivity index (χ2v) is 7.30. The van der Waals surface area contributed by atoms with Crippen LogP contribution in [0, 0.1) is 0 Å². The average Bonchev–Trinajstić information content (AvgIpc) is 3.17. The lowest BCUT2D eigenvalue weighted by Crippen LogP contribution is -2.28. The molecule has 5 nitrogen and oxygen atoms in total. The van der Waals surface area contributed by atoms with Crippen molar-refractivity contribution in [2.45, 2.75) is 13.2 Å². The van der Waals surface area contributed by atoms with Crippen LogP contribution in [0.1, 0.15) is 11.1 Å². The smallest absolute Gasteiger partial charge is 0.319 e. The van der Waals surface area contributed by atoms with Gasteiger partial charge in [-0.3, -0.25) is 0 Å². The number of aromatic nitrogens is 1.